The second-order valence-corrected chi connectivity index (χ2v) is 6.76. The molecule has 1 aromatic carbocycles. The highest BCUT2D eigenvalue weighted by Crippen LogP contribution is 2.22. The molecule has 0 aliphatic carbocycles. The Hall–Kier alpha value is -0.870. The second kappa shape index (κ2) is 5.85. The topological polar surface area (TPSA) is 23.6 Å². The first kappa shape index (κ1) is 13.6. The molecule has 100 valence electrons. The Labute approximate surface area is 112 Å². The van der Waals surface area contributed by atoms with Crippen LogP contribution in [0.25, 0.3) is 0 Å². The number of benzene rings is 1. The van der Waals surface area contributed by atoms with Crippen LogP contribution in [0.15, 0.2) is 29.2 Å². The fraction of sp³-hybridized carbons (Fsp3) is 0.571. The largest absolute Gasteiger partial charge is 0.378 e. The number of anilines is 1. The molecule has 1 saturated heterocycles. The van der Waals surface area contributed by atoms with Crippen LogP contribution in [0.2, 0.25) is 0 Å². The standard InChI is InChI=1S/C14H22N2OS/c1-12-5-4-10-16(11-12)18(17)14-8-6-13(7-9-14)15(2)3/h6-9,12H,4-5,10-11H2,1-3H3/t12-,18?/m0/s1. The van der Waals surface area contributed by atoms with Crippen molar-refractivity contribution in [2.45, 2.75) is 24.7 Å². The summed E-state index contributed by atoms with van der Waals surface area (Å²) < 4.78 is 14.5. The summed E-state index contributed by atoms with van der Waals surface area (Å²) in [6.07, 6.45) is 2.41. The Morgan fingerprint density at radius 3 is 2.50 bits per heavy atom. The van der Waals surface area contributed by atoms with Crippen molar-refractivity contribution in [3.8, 4) is 0 Å². The predicted molar refractivity (Wildman–Crippen MR) is 77.1 cm³/mol. The summed E-state index contributed by atoms with van der Waals surface area (Å²) in [6, 6.07) is 8.01. The first-order chi connectivity index (χ1) is 8.58. The quantitative estimate of drug-likeness (QED) is 0.839. The summed E-state index contributed by atoms with van der Waals surface area (Å²) >= 11 is 0. The molecule has 0 radical (unpaired) electrons. The molecule has 2 atom stereocenters. The van der Waals surface area contributed by atoms with Crippen LogP contribution in [0.4, 0.5) is 5.69 Å². The molecule has 1 aliphatic heterocycles. The highest BCUT2D eigenvalue weighted by Gasteiger charge is 2.21. The van der Waals surface area contributed by atoms with Crippen molar-refractivity contribution in [1.29, 1.82) is 0 Å². The Balaban J connectivity index is 2.08. The predicted octanol–water partition coefficient (Wildman–Crippen LogP) is 2.51. The Morgan fingerprint density at radius 1 is 1.28 bits per heavy atom. The lowest BCUT2D eigenvalue weighted by Crippen LogP contribution is -2.35. The third-order valence-electron chi connectivity index (χ3n) is 3.41. The lowest BCUT2D eigenvalue weighted by Gasteiger charge is -2.29. The van der Waals surface area contributed by atoms with E-state index in [4.69, 9.17) is 0 Å². The molecule has 0 N–H and O–H groups in total. The number of hydrogen-bond donors (Lipinski definition) is 0. The molecular formula is C14H22N2OS. The van der Waals surface area contributed by atoms with Crippen LogP contribution in [0.3, 0.4) is 0 Å². The molecule has 1 fully saturated rings. The molecule has 0 bridgehead atoms. The maximum Gasteiger partial charge on any atom is 0.127 e. The van der Waals surface area contributed by atoms with Crippen LogP contribution in [0.1, 0.15) is 19.8 Å². The summed E-state index contributed by atoms with van der Waals surface area (Å²) in [4.78, 5) is 2.96. The average molecular weight is 266 g/mol. The van der Waals surface area contributed by atoms with Crippen LogP contribution in [0.5, 0.6) is 0 Å². The van der Waals surface area contributed by atoms with Gasteiger partial charge in [0, 0.05) is 32.9 Å². The zero-order chi connectivity index (χ0) is 13.1. The van der Waals surface area contributed by atoms with Gasteiger partial charge in [0.15, 0.2) is 0 Å². The Bertz CT molecular complexity index is 416. The van der Waals surface area contributed by atoms with Gasteiger partial charge in [-0.2, -0.15) is 0 Å². The molecule has 1 unspecified atom stereocenters. The lowest BCUT2D eigenvalue weighted by atomic mass is 10.0. The van der Waals surface area contributed by atoms with Crippen molar-refractivity contribution in [3.05, 3.63) is 24.3 Å². The minimum Gasteiger partial charge on any atom is -0.378 e. The van der Waals surface area contributed by atoms with E-state index in [9.17, 15) is 4.21 Å². The smallest absolute Gasteiger partial charge is 0.127 e. The minimum atomic E-state index is -0.997. The zero-order valence-electron chi connectivity index (χ0n) is 11.4. The summed E-state index contributed by atoms with van der Waals surface area (Å²) in [5.41, 5.74) is 1.14. The van der Waals surface area contributed by atoms with Gasteiger partial charge in [0.1, 0.15) is 11.0 Å². The summed E-state index contributed by atoms with van der Waals surface area (Å²) in [5.74, 6) is 0.656. The molecular weight excluding hydrogens is 244 g/mol. The van der Waals surface area contributed by atoms with Crippen molar-refractivity contribution in [2.75, 3.05) is 32.1 Å². The molecule has 18 heavy (non-hydrogen) atoms. The molecule has 0 spiro atoms. The van der Waals surface area contributed by atoms with Gasteiger partial charge >= 0.3 is 0 Å². The molecule has 0 saturated carbocycles. The SMILES string of the molecule is C[C@H]1CCCN(S(=O)c2ccc(N(C)C)cc2)C1. The number of hydrogen-bond acceptors (Lipinski definition) is 2. The first-order valence-corrected chi connectivity index (χ1v) is 7.63. The first-order valence-electron chi connectivity index (χ1n) is 6.52. The maximum absolute atomic E-state index is 12.4. The molecule has 2 rings (SSSR count). The highest BCUT2D eigenvalue weighted by atomic mass is 32.2. The molecule has 0 aromatic heterocycles. The molecule has 3 nitrogen and oxygen atoms in total. The highest BCUT2D eigenvalue weighted by molar-refractivity contribution is 7.82. The fourth-order valence-corrected chi connectivity index (χ4v) is 3.66. The van der Waals surface area contributed by atoms with Crippen LogP contribution < -0.4 is 4.90 Å². The van der Waals surface area contributed by atoms with Gasteiger partial charge in [0.25, 0.3) is 0 Å². The van der Waals surface area contributed by atoms with Gasteiger partial charge in [-0.05, 0) is 43.0 Å². The van der Waals surface area contributed by atoms with E-state index in [0.717, 1.165) is 30.1 Å². The van der Waals surface area contributed by atoms with Gasteiger partial charge in [0.05, 0.1) is 4.90 Å². The van der Waals surface area contributed by atoms with Crippen molar-refractivity contribution < 1.29 is 4.21 Å². The van der Waals surface area contributed by atoms with Crippen molar-refractivity contribution in [3.63, 3.8) is 0 Å². The van der Waals surface area contributed by atoms with E-state index in [2.05, 4.69) is 16.1 Å². The van der Waals surface area contributed by atoms with Gasteiger partial charge in [-0.25, -0.2) is 8.51 Å². The van der Waals surface area contributed by atoms with Gasteiger partial charge in [-0.15, -0.1) is 0 Å². The van der Waals surface area contributed by atoms with Crippen molar-refractivity contribution in [1.82, 2.24) is 4.31 Å². The Morgan fingerprint density at radius 2 is 1.94 bits per heavy atom. The third kappa shape index (κ3) is 3.12. The number of piperidine rings is 1. The van der Waals surface area contributed by atoms with Gasteiger partial charge in [0.2, 0.25) is 0 Å². The van der Waals surface area contributed by atoms with E-state index in [1.165, 1.54) is 6.42 Å². The van der Waals surface area contributed by atoms with Crippen LogP contribution >= 0.6 is 0 Å². The van der Waals surface area contributed by atoms with Crippen LogP contribution in [-0.4, -0.2) is 35.7 Å². The van der Waals surface area contributed by atoms with Crippen molar-refractivity contribution >= 4 is 16.7 Å². The monoisotopic (exact) mass is 266 g/mol. The molecule has 0 amide bonds. The molecule has 1 aliphatic rings. The molecule has 1 heterocycles. The summed E-state index contributed by atoms with van der Waals surface area (Å²) in [5, 5.41) is 0. The number of rotatable bonds is 3. The van der Waals surface area contributed by atoms with Crippen LogP contribution in [0, 0.1) is 5.92 Å². The second-order valence-electron chi connectivity index (χ2n) is 5.27. The van der Waals surface area contributed by atoms with E-state index in [0.29, 0.717) is 5.92 Å². The van der Waals surface area contributed by atoms with E-state index >= 15 is 0 Å². The summed E-state index contributed by atoms with van der Waals surface area (Å²) in [6.45, 7) is 4.13. The molecule has 4 heteroatoms. The summed E-state index contributed by atoms with van der Waals surface area (Å²) in [7, 11) is 3.03. The van der Waals surface area contributed by atoms with E-state index in [1.807, 2.05) is 38.4 Å². The van der Waals surface area contributed by atoms with Gasteiger partial charge in [-0.3, -0.25) is 0 Å². The van der Waals surface area contributed by atoms with E-state index in [1.54, 1.807) is 0 Å². The lowest BCUT2D eigenvalue weighted by molar-refractivity contribution is 0.293. The van der Waals surface area contributed by atoms with Gasteiger partial charge < -0.3 is 4.90 Å². The van der Waals surface area contributed by atoms with E-state index < -0.39 is 11.0 Å². The fourth-order valence-electron chi connectivity index (χ4n) is 2.31. The normalized spacial score (nSPS) is 22.7. The third-order valence-corrected chi connectivity index (χ3v) is 4.89. The minimum absolute atomic E-state index is 0.656. The average Bonchev–Trinajstić information content (AvgIpc) is 2.38. The maximum atomic E-state index is 12.4. The Kier molecular flexibility index (Phi) is 4.40. The van der Waals surface area contributed by atoms with Crippen molar-refractivity contribution in [2.24, 2.45) is 5.92 Å². The molecule has 1 aromatic rings. The zero-order valence-corrected chi connectivity index (χ0v) is 12.2. The number of nitrogens with zero attached hydrogens (tertiary/aromatic N) is 2. The van der Waals surface area contributed by atoms with Gasteiger partial charge in [-0.1, -0.05) is 6.92 Å². The van der Waals surface area contributed by atoms with E-state index in [-0.39, 0.29) is 0 Å². The van der Waals surface area contributed by atoms with Crippen LogP contribution in [-0.2, 0) is 11.0 Å².